The van der Waals surface area contributed by atoms with E-state index in [2.05, 4.69) is 14.9 Å². The molecule has 9 heteroatoms. The second kappa shape index (κ2) is 5.57. The van der Waals surface area contributed by atoms with Crippen LogP contribution in [0.3, 0.4) is 0 Å². The van der Waals surface area contributed by atoms with Crippen molar-refractivity contribution in [1.82, 2.24) is 9.59 Å². The summed E-state index contributed by atoms with van der Waals surface area (Å²) in [7, 11) is 0. The van der Waals surface area contributed by atoms with Crippen LogP contribution in [0.25, 0.3) is 0 Å². The molecule has 0 radical (unpaired) electrons. The van der Waals surface area contributed by atoms with Crippen molar-refractivity contribution in [2.45, 2.75) is 6.43 Å². The molecule has 0 atom stereocenters. The average Bonchev–Trinajstić information content (AvgIpc) is 2.83. The molecule has 0 aliphatic carbocycles. The van der Waals surface area contributed by atoms with E-state index in [1.165, 1.54) is 6.07 Å². The summed E-state index contributed by atoms with van der Waals surface area (Å²) >= 11 is 5.46. The Labute approximate surface area is 114 Å². The van der Waals surface area contributed by atoms with Gasteiger partial charge in [0, 0.05) is 0 Å². The van der Waals surface area contributed by atoms with E-state index in [1.807, 2.05) is 0 Å². The average molecular weight is 307 g/mol. The van der Waals surface area contributed by atoms with Gasteiger partial charge in [0.15, 0.2) is 5.69 Å². The second-order valence-electron chi connectivity index (χ2n) is 3.34. The third-order valence-corrected chi connectivity index (χ3v) is 3.32. The molecule has 3 nitrogen and oxygen atoms in total. The first-order valence-corrected chi connectivity index (χ1v) is 6.04. The van der Waals surface area contributed by atoms with E-state index < -0.39 is 29.4 Å². The summed E-state index contributed by atoms with van der Waals surface area (Å²) in [6.45, 7) is 0. The zero-order valence-electron chi connectivity index (χ0n) is 9.03. The molecule has 1 aromatic carbocycles. The van der Waals surface area contributed by atoms with Crippen molar-refractivity contribution in [1.29, 1.82) is 0 Å². The Balaban J connectivity index is 2.29. The van der Waals surface area contributed by atoms with Crippen LogP contribution in [0, 0.1) is 11.6 Å². The van der Waals surface area contributed by atoms with E-state index in [0.717, 1.165) is 12.1 Å². The van der Waals surface area contributed by atoms with Crippen molar-refractivity contribution < 1.29 is 17.6 Å². The lowest BCUT2D eigenvalue weighted by Gasteiger charge is -2.08. The molecule has 1 N–H and O–H groups in total. The molecule has 0 aliphatic rings. The minimum atomic E-state index is -2.86. The Bertz CT molecular complexity index is 594. The Kier molecular flexibility index (Phi) is 4.05. The lowest BCUT2D eigenvalue weighted by atomic mass is 10.2. The van der Waals surface area contributed by atoms with Gasteiger partial charge in [0.1, 0.15) is 27.2 Å². The van der Waals surface area contributed by atoms with Gasteiger partial charge in [0.2, 0.25) is 0 Å². The molecule has 0 unspecified atom stereocenters. The Hall–Kier alpha value is -1.61. The van der Waals surface area contributed by atoms with Gasteiger partial charge in [-0.3, -0.25) is 0 Å². The number of nitrogens with one attached hydrogen (secondary N) is 1. The molecule has 1 heterocycles. The topological polar surface area (TPSA) is 37.8 Å². The summed E-state index contributed by atoms with van der Waals surface area (Å²) in [5, 5.41) is 5.48. The summed E-state index contributed by atoms with van der Waals surface area (Å²) in [4.78, 5) is -0.373. The van der Waals surface area contributed by atoms with E-state index >= 15 is 0 Å². The Morgan fingerprint density at radius 1 is 1.26 bits per heavy atom. The lowest BCUT2D eigenvalue weighted by Crippen LogP contribution is -2.13. The smallest absolute Gasteiger partial charge is 0.283 e. The van der Waals surface area contributed by atoms with E-state index in [0.29, 0.717) is 11.5 Å². The highest BCUT2D eigenvalue weighted by atomic mass is 32.1. The predicted octanol–water partition coefficient (Wildman–Crippen LogP) is 3.54. The van der Waals surface area contributed by atoms with Gasteiger partial charge in [-0.15, -0.1) is 5.10 Å². The van der Waals surface area contributed by atoms with Crippen molar-refractivity contribution in [2.24, 2.45) is 0 Å². The first-order chi connectivity index (χ1) is 9.00. The van der Waals surface area contributed by atoms with Gasteiger partial charge in [-0.1, -0.05) is 22.8 Å². The molecule has 2 aromatic rings. The molecule has 0 saturated heterocycles. The number of halogens is 4. The molecule has 19 heavy (non-hydrogen) atoms. The van der Waals surface area contributed by atoms with Crippen LogP contribution in [0.15, 0.2) is 18.2 Å². The number of hydrogen-bond donors (Lipinski definition) is 1. The van der Waals surface area contributed by atoms with Gasteiger partial charge < -0.3 is 5.32 Å². The molecule has 0 spiro atoms. The van der Waals surface area contributed by atoms with Crippen molar-refractivity contribution in [3.8, 4) is 0 Å². The summed E-state index contributed by atoms with van der Waals surface area (Å²) in [5.41, 5.74) is -1.11. The number of rotatable bonds is 3. The first kappa shape index (κ1) is 13.8. The highest BCUT2D eigenvalue weighted by Crippen LogP contribution is 2.25. The molecule has 0 amide bonds. The van der Waals surface area contributed by atoms with Gasteiger partial charge >= 0.3 is 0 Å². The standard InChI is InChI=1S/C10H5F4N3S2/c11-4-2-1-3-5(12)6(4)15-10(18)8-7(9(13)14)16-17-19-8/h1-3,9H,(H,15,18). The van der Waals surface area contributed by atoms with Gasteiger partial charge in [0.05, 0.1) is 0 Å². The highest BCUT2D eigenvalue weighted by molar-refractivity contribution is 7.81. The zero-order valence-corrected chi connectivity index (χ0v) is 10.7. The van der Waals surface area contributed by atoms with Crippen LogP contribution in [0.4, 0.5) is 23.2 Å². The summed E-state index contributed by atoms with van der Waals surface area (Å²) in [5.74, 6) is -1.75. The van der Waals surface area contributed by atoms with Crippen molar-refractivity contribution in [3.05, 3.63) is 40.4 Å². The number of nitrogens with zero attached hydrogens (tertiary/aromatic N) is 2. The number of aromatic nitrogens is 2. The second-order valence-corrected chi connectivity index (χ2v) is 4.50. The van der Waals surface area contributed by atoms with Crippen LogP contribution in [0.1, 0.15) is 17.0 Å². The molecule has 0 aliphatic heterocycles. The quantitative estimate of drug-likeness (QED) is 0.695. The molecule has 0 fully saturated rings. The van der Waals surface area contributed by atoms with E-state index in [1.54, 1.807) is 0 Å². The fraction of sp³-hybridized carbons (Fsp3) is 0.100. The van der Waals surface area contributed by atoms with E-state index in [-0.39, 0.29) is 9.87 Å². The normalized spacial score (nSPS) is 10.8. The highest BCUT2D eigenvalue weighted by Gasteiger charge is 2.22. The third kappa shape index (κ3) is 2.87. The maximum Gasteiger partial charge on any atom is 0.283 e. The summed E-state index contributed by atoms with van der Waals surface area (Å²) in [6.07, 6.45) is -2.86. The molecule has 100 valence electrons. The number of anilines is 1. The maximum absolute atomic E-state index is 13.4. The fourth-order valence-corrected chi connectivity index (χ4v) is 2.17. The van der Waals surface area contributed by atoms with Crippen LogP contribution in [-0.4, -0.2) is 14.6 Å². The van der Waals surface area contributed by atoms with Crippen LogP contribution in [-0.2, 0) is 0 Å². The Morgan fingerprint density at radius 2 is 1.89 bits per heavy atom. The van der Waals surface area contributed by atoms with Crippen LogP contribution >= 0.6 is 23.8 Å². The first-order valence-electron chi connectivity index (χ1n) is 4.86. The molecule has 0 saturated carbocycles. The van der Waals surface area contributed by atoms with E-state index in [4.69, 9.17) is 12.2 Å². The van der Waals surface area contributed by atoms with Gasteiger partial charge in [-0.25, -0.2) is 17.6 Å². The van der Waals surface area contributed by atoms with Crippen LogP contribution < -0.4 is 5.32 Å². The molecule has 1 aromatic heterocycles. The fourth-order valence-electron chi connectivity index (χ4n) is 1.29. The number of para-hydroxylation sites is 1. The summed E-state index contributed by atoms with van der Waals surface area (Å²) in [6, 6.07) is 3.22. The number of thiocarbonyl (C=S) groups is 1. The molecular formula is C10H5F4N3S2. The Morgan fingerprint density at radius 3 is 2.47 bits per heavy atom. The monoisotopic (exact) mass is 307 g/mol. The van der Waals surface area contributed by atoms with Gasteiger partial charge in [-0.05, 0) is 23.7 Å². The van der Waals surface area contributed by atoms with Crippen molar-refractivity contribution in [2.75, 3.05) is 5.32 Å². The number of alkyl halides is 2. The van der Waals surface area contributed by atoms with Crippen LogP contribution in [0.5, 0.6) is 0 Å². The van der Waals surface area contributed by atoms with Gasteiger partial charge in [-0.2, -0.15) is 0 Å². The van der Waals surface area contributed by atoms with E-state index in [9.17, 15) is 17.6 Å². The lowest BCUT2D eigenvalue weighted by molar-refractivity contribution is 0.146. The molecular weight excluding hydrogens is 302 g/mol. The van der Waals surface area contributed by atoms with Crippen LogP contribution in [0.2, 0.25) is 0 Å². The maximum atomic E-state index is 13.4. The third-order valence-electron chi connectivity index (χ3n) is 2.13. The SMILES string of the molecule is Fc1cccc(F)c1NC(=S)c1snnc1C(F)F. The minimum absolute atomic E-state index is 0.118. The summed E-state index contributed by atoms with van der Waals surface area (Å²) < 4.78 is 55.3. The number of hydrogen-bond acceptors (Lipinski definition) is 4. The largest absolute Gasteiger partial charge is 0.341 e. The minimum Gasteiger partial charge on any atom is -0.341 e. The number of benzene rings is 1. The van der Waals surface area contributed by atoms with Crippen molar-refractivity contribution >= 4 is 34.4 Å². The molecule has 0 bridgehead atoms. The van der Waals surface area contributed by atoms with Gasteiger partial charge in [0.25, 0.3) is 6.43 Å². The zero-order chi connectivity index (χ0) is 14.0. The molecule has 2 rings (SSSR count). The van der Waals surface area contributed by atoms with Crippen molar-refractivity contribution in [3.63, 3.8) is 0 Å². The predicted molar refractivity (Wildman–Crippen MR) is 66.5 cm³/mol.